The zero-order valence-corrected chi connectivity index (χ0v) is 12.6. The van der Waals surface area contributed by atoms with Crippen molar-refractivity contribution in [3.63, 3.8) is 0 Å². The summed E-state index contributed by atoms with van der Waals surface area (Å²) in [4.78, 5) is 23.9. The molecule has 1 heterocycles. The average Bonchev–Trinajstić information content (AvgIpc) is 2.54. The SMILES string of the molecule is O=C(OCc1ccccc1)N1CCC(CC(F)(F)C(=O)O)CC1. The van der Waals surface area contributed by atoms with E-state index in [-0.39, 0.29) is 6.61 Å². The Morgan fingerprint density at radius 1 is 1.22 bits per heavy atom. The van der Waals surface area contributed by atoms with Crippen LogP contribution in [0.1, 0.15) is 24.8 Å². The number of ether oxygens (including phenoxy) is 1. The van der Waals surface area contributed by atoms with E-state index in [1.165, 1.54) is 4.90 Å². The quantitative estimate of drug-likeness (QED) is 0.902. The topological polar surface area (TPSA) is 66.8 Å². The zero-order chi connectivity index (χ0) is 16.9. The van der Waals surface area contributed by atoms with Crippen molar-refractivity contribution in [1.29, 1.82) is 0 Å². The first-order chi connectivity index (χ1) is 10.9. The second kappa shape index (κ2) is 7.39. The first kappa shape index (κ1) is 17.2. The molecule has 0 saturated carbocycles. The fourth-order valence-corrected chi connectivity index (χ4v) is 2.58. The molecule has 1 aliphatic heterocycles. The molecule has 1 aromatic rings. The monoisotopic (exact) mass is 327 g/mol. The van der Waals surface area contributed by atoms with E-state index in [2.05, 4.69) is 0 Å². The van der Waals surface area contributed by atoms with E-state index in [1.54, 1.807) is 0 Å². The molecule has 1 amide bonds. The third-order valence-corrected chi connectivity index (χ3v) is 3.94. The highest BCUT2D eigenvalue weighted by atomic mass is 19.3. The summed E-state index contributed by atoms with van der Waals surface area (Å²) in [5, 5.41) is 8.46. The van der Waals surface area contributed by atoms with Gasteiger partial charge in [0.2, 0.25) is 0 Å². The molecule has 126 valence electrons. The second-order valence-electron chi connectivity index (χ2n) is 5.68. The molecule has 1 saturated heterocycles. The third-order valence-electron chi connectivity index (χ3n) is 3.94. The molecule has 1 aromatic carbocycles. The number of rotatable bonds is 5. The van der Waals surface area contributed by atoms with Gasteiger partial charge in [-0.1, -0.05) is 30.3 Å². The summed E-state index contributed by atoms with van der Waals surface area (Å²) in [6, 6.07) is 9.23. The maximum atomic E-state index is 13.2. The van der Waals surface area contributed by atoms with E-state index in [0.717, 1.165) is 5.56 Å². The highest BCUT2D eigenvalue weighted by molar-refractivity contribution is 5.75. The maximum absolute atomic E-state index is 13.2. The number of likely N-dealkylation sites (tertiary alicyclic amines) is 1. The van der Waals surface area contributed by atoms with Gasteiger partial charge in [-0.15, -0.1) is 0 Å². The highest BCUT2D eigenvalue weighted by Gasteiger charge is 2.41. The van der Waals surface area contributed by atoms with Crippen molar-refractivity contribution in [2.45, 2.75) is 31.8 Å². The van der Waals surface area contributed by atoms with Crippen LogP contribution in [0.4, 0.5) is 13.6 Å². The van der Waals surface area contributed by atoms with E-state index in [9.17, 15) is 18.4 Å². The van der Waals surface area contributed by atoms with Crippen molar-refractivity contribution < 1.29 is 28.2 Å². The number of piperidine rings is 1. The number of hydrogen-bond acceptors (Lipinski definition) is 3. The van der Waals surface area contributed by atoms with Crippen molar-refractivity contribution in [3.8, 4) is 0 Å². The summed E-state index contributed by atoms with van der Waals surface area (Å²) in [7, 11) is 0. The standard InChI is InChI=1S/C16H19F2NO4/c17-16(18,14(20)21)10-12-6-8-19(9-7-12)15(22)23-11-13-4-2-1-3-5-13/h1-5,12H,6-11H2,(H,20,21). The van der Waals surface area contributed by atoms with Gasteiger partial charge < -0.3 is 14.7 Å². The van der Waals surface area contributed by atoms with Crippen molar-refractivity contribution in [2.24, 2.45) is 5.92 Å². The molecule has 0 aromatic heterocycles. The second-order valence-corrected chi connectivity index (χ2v) is 5.68. The Hall–Kier alpha value is -2.18. The number of carboxylic acid groups (broad SMARTS) is 1. The Balaban J connectivity index is 1.75. The predicted molar refractivity (Wildman–Crippen MR) is 78.1 cm³/mol. The van der Waals surface area contributed by atoms with E-state index in [1.807, 2.05) is 30.3 Å². The number of carbonyl (C=O) groups is 2. The number of amides is 1. The molecule has 1 N–H and O–H groups in total. The van der Waals surface area contributed by atoms with Crippen LogP contribution in [0.25, 0.3) is 0 Å². The molecule has 23 heavy (non-hydrogen) atoms. The lowest BCUT2D eigenvalue weighted by atomic mass is 9.91. The van der Waals surface area contributed by atoms with Crippen LogP contribution in [0.3, 0.4) is 0 Å². The van der Waals surface area contributed by atoms with Gasteiger partial charge >= 0.3 is 18.0 Å². The number of hydrogen-bond donors (Lipinski definition) is 1. The van der Waals surface area contributed by atoms with Crippen LogP contribution in [-0.2, 0) is 16.1 Å². The van der Waals surface area contributed by atoms with Gasteiger partial charge in [-0.25, -0.2) is 9.59 Å². The van der Waals surface area contributed by atoms with Crippen molar-refractivity contribution >= 4 is 12.1 Å². The molecule has 1 fully saturated rings. The zero-order valence-electron chi connectivity index (χ0n) is 12.6. The molecule has 0 unspecified atom stereocenters. The highest BCUT2D eigenvalue weighted by Crippen LogP contribution is 2.30. The van der Waals surface area contributed by atoms with Crippen LogP contribution in [0.2, 0.25) is 0 Å². The van der Waals surface area contributed by atoms with Gasteiger partial charge in [-0.05, 0) is 24.3 Å². The molecule has 1 aliphatic rings. The molecule has 0 spiro atoms. The number of carbonyl (C=O) groups excluding carboxylic acids is 1. The smallest absolute Gasteiger partial charge is 0.410 e. The summed E-state index contributed by atoms with van der Waals surface area (Å²) in [6.45, 7) is 0.763. The molecule has 0 bridgehead atoms. The minimum Gasteiger partial charge on any atom is -0.477 e. The van der Waals surface area contributed by atoms with Gasteiger partial charge in [0, 0.05) is 19.5 Å². The molecular formula is C16H19F2NO4. The molecular weight excluding hydrogens is 308 g/mol. The fraction of sp³-hybridized carbons (Fsp3) is 0.500. The van der Waals surface area contributed by atoms with Crippen LogP contribution < -0.4 is 0 Å². The first-order valence-corrected chi connectivity index (χ1v) is 7.45. The number of nitrogens with zero attached hydrogens (tertiary/aromatic N) is 1. The summed E-state index contributed by atoms with van der Waals surface area (Å²) in [6.07, 6.45) is -0.459. The summed E-state index contributed by atoms with van der Waals surface area (Å²) in [5.74, 6) is -6.21. The van der Waals surface area contributed by atoms with Gasteiger partial charge in [-0.3, -0.25) is 0 Å². The first-order valence-electron chi connectivity index (χ1n) is 7.45. The van der Waals surface area contributed by atoms with Crippen LogP contribution in [-0.4, -0.2) is 41.1 Å². The van der Waals surface area contributed by atoms with Gasteiger partial charge in [0.05, 0.1) is 0 Å². The Morgan fingerprint density at radius 2 is 1.83 bits per heavy atom. The summed E-state index contributed by atoms with van der Waals surface area (Å²) in [5.41, 5.74) is 0.872. The lowest BCUT2D eigenvalue weighted by Crippen LogP contribution is -2.41. The van der Waals surface area contributed by atoms with Crippen molar-refractivity contribution in [3.05, 3.63) is 35.9 Å². The lowest BCUT2D eigenvalue weighted by Gasteiger charge is -2.32. The summed E-state index contributed by atoms with van der Waals surface area (Å²) < 4.78 is 31.6. The number of benzene rings is 1. The Bertz CT molecular complexity index is 542. The number of aliphatic carboxylic acids is 1. The van der Waals surface area contributed by atoms with E-state index < -0.39 is 30.3 Å². The fourth-order valence-electron chi connectivity index (χ4n) is 2.58. The molecule has 0 aliphatic carbocycles. The van der Waals surface area contributed by atoms with Crippen LogP contribution in [0, 0.1) is 5.92 Å². The van der Waals surface area contributed by atoms with Gasteiger partial charge in [0.15, 0.2) is 0 Å². The Labute approximate surface area is 132 Å². The molecule has 2 rings (SSSR count). The predicted octanol–water partition coefficient (Wildman–Crippen LogP) is 3.15. The van der Waals surface area contributed by atoms with Gasteiger partial charge in [-0.2, -0.15) is 8.78 Å². The van der Waals surface area contributed by atoms with Crippen LogP contribution >= 0.6 is 0 Å². The third kappa shape index (κ3) is 4.91. The minimum atomic E-state index is -3.71. The van der Waals surface area contributed by atoms with Crippen LogP contribution in [0.5, 0.6) is 0 Å². The maximum Gasteiger partial charge on any atom is 0.410 e. The summed E-state index contributed by atoms with van der Waals surface area (Å²) >= 11 is 0. The lowest BCUT2D eigenvalue weighted by molar-refractivity contribution is -0.167. The Kier molecular flexibility index (Phi) is 5.52. The Morgan fingerprint density at radius 3 is 2.39 bits per heavy atom. The largest absolute Gasteiger partial charge is 0.477 e. The van der Waals surface area contributed by atoms with Gasteiger partial charge in [0.1, 0.15) is 6.61 Å². The molecule has 7 heteroatoms. The van der Waals surface area contributed by atoms with Gasteiger partial charge in [0.25, 0.3) is 0 Å². The normalized spacial score (nSPS) is 16.2. The molecule has 0 atom stereocenters. The molecule has 0 radical (unpaired) electrons. The van der Waals surface area contributed by atoms with E-state index >= 15 is 0 Å². The number of halogens is 2. The average molecular weight is 327 g/mol. The van der Waals surface area contributed by atoms with Crippen LogP contribution in [0.15, 0.2) is 30.3 Å². The van der Waals surface area contributed by atoms with Crippen molar-refractivity contribution in [2.75, 3.05) is 13.1 Å². The van der Waals surface area contributed by atoms with Crippen molar-refractivity contribution in [1.82, 2.24) is 4.90 Å². The van der Waals surface area contributed by atoms with E-state index in [0.29, 0.717) is 25.9 Å². The molecule has 5 nitrogen and oxygen atoms in total. The van der Waals surface area contributed by atoms with E-state index in [4.69, 9.17) is 9.84 Å². The minimum absolute atomic E-state index is 0.163. The number of alkyl halides is 2. The number of carboxylic acids is 1.